The molecule has 1 fully saturated rings. The fourth-order valence-electron chi connectivity index (χ4n) is 11.7. The summed E-state index contributed by atoms with van der Waals surface area (Å²) in [4.78, 5) is 28.3. The molecule has 2 N–H and O–H groups in total. The number of carbonyl (C=O) groups is 2. The number of anilines is 3. The molecule has 0 bridgehead atoms. The van der Waals surface area contributed by atoms with E-state index >= 15 is 0 Å². The molecule has 1 aliphatic heterocycles. The Balaban J connectivity index is 0.939. The second-order valence-electron chi connectivity index (χ2n) is 21.0. The molecule has 0 amide bonds. The monoisotopic (exact) mass is 899 g/mol. The molecular weight excluding hydrogens is 837 g/mol. The molecule has 10 rings (SSSR count). The van der Waals surface area contributed by atoms with E-state index in [1.807, 2.05) is 24.3 Å². The Hall–Kier alpha value is -6.63. The van der Waals surface area contributed by atoms with Crippen molar-refractivity contribution in [1.82, 2.24) is 0 Å². The summed E-state index contributed by atoms with van der Waals surface area (Å²) in [6, 6.07) is 45.1. The van der Waals surface area contributed by atoms with E-state index < -0.39 is 23.4 Å². The van der Waals surface area contributed by atoms with E-state index in [0.717, 1.165) is 59.0 Å². The number of nitrogens with zero attached hydrogens (tertiary/aromatic N) is 2. The average Bonchev–Trinajstić information content (AvgIpc) is 3.80. The average molecular weight is 900 g/mol. The minimum atomic E-state index is -0.964. The number of allylic oxidation sites excluding steroid dienone is 1. The Morgan fingerprint density at radius 3 is 1.74 bits per heavy atom. The lowest BCUT2D eigenvalue weighted by Gasteiger charge is -2.32. The van der Waals surface area contributed by atoms with E-state index in [4.69, 9.17) is 0 Å². The predicted molar refractivity (Wildman–Crippen MR) is 277 cm³/mol. The van der Waals surface area contributed by atoms with Crippen LogP contribution in [0.15, 0.2) is 145 Å². The molecule has 1 heterocycles. The van der Waals surface area contributed by atoms with Crippen molar-refractivity contribution >= 4 is 46.3 Å². The molecule has 6 nitrogen and oxygen atoms in total. The molecule has 0 radical (unpaired) electrons. The normalized spacial score (nSPS) is 19.4. The summed E-state index contributed by atoms with van der Waals surface area (Å²) in [5.41, 5.74) is 17.2. The number of carboxylic acids is 1. The van der Waals surface area contributed by atoms with Gasteiger partial charge in [-0.25, -0.2) is 4.79 Å². The highest BCUT2D eigenvalue weighted by molar-refractivity contribution is 6.14. The molecule has 68 heavy (non-hydrogen) atoms. The van der Waals surface area contributed by atoms with Crippen molar-refractivity contribution in [3.63, 3.8) is 0 Å². The molecule has 6 heteroatoms. The maximum Gasteiger partial charge on any atom is 0.335 e. The molecule has 0 spiro atoms. The van der Waals surface area contributed by atoms with Crippen LogP contribution >= 0.6 is 0 Å². The molecule has 4 aliphatic rings. The molecule has 2 unspecified atom stereocenters. The SMILES string of the molecule is CCCCCCCC[N+]1=C(C=C2C(=O)C(C=Cc3ccc(N(c4ccc5c(c4)C(C)(C)c4ccccc4-5)c4ccc5c(c4)C(C)(C)c4ccccc4-5)cc3)C2O)C(C)(C)c2cc(C(=O)O)ccc21. The zero-order valence-corrected chi connectivity index (χ0v) is 40.6. The van der Waals surface area contributed by atoms with Crippen LogP contribution in [0.3, 0.4) is 0 Å². The number of unbranched alkanes of at least 4 members (excludes halogenated alkanes) is 5. The number of hydrogen-bond donors (Lipinski definition) is 2. The van der Waals surface area contributed by atoms with E-state index in [2.05, 4.69) is 167 Å². The van der Waals surface area contributed by atoms with E-state index in [-0.39, 0.29) is 22.2 Å². The van der Waals surface area contributed by atoms with Gasteiger partial charge in [0.15, 0.2) is 11.5 Å². The van der Waals surface area contributed by atoms with Gasteiger partial charge in [-0.1, -0.05) is 145 Å². The number of fused-ring (bicyclic) bond motifs is 7. The number of ketones is 1. The first-order valence-corrected chi connectivity index (χ1v) is 24.7. The van der Waals surface area contributed by atoms with Crippen molar-refractivity contribution in [3.8, 4) is 22.3 Å². The van der Waals surface area contributed by atoms with Gasteiger partial charge in [0.1, 0.15) is 6.54 Å². The van der Waals surface area contributed by atoms with Crippen molar-refractivity contribution in [1.29, 1.82) is 0 Å². The lowest BCUT2D eigenvalue weighted by molar-refractivity contribution is -0.438. The molecule has 344 valence electrons. The third-order valence-corrected chi connectivity index (χ3v) is 15.7. The van der Waals surface area contributed by atoms with E-state index in [0.29, 0.717) is 5.57 Å². The molecule has 6 aromatic carbocycles. The van der Waals surface area contributed by atoms with Gasteiger partial charge in [0.05, 0.1) is 23.0 Å². The summed E-state index contributed by atoms with van der Waals surface area (Å²) >= 11 is 0. The van der Waals surface area contributed by atoms with Crippen LogP contribution in [-0.2, 0) is 21.0 Å². The summed E-state index contributed by atoms with van der Waals surface area (Å²) in [7, 11) is 0. The molecule has 2 atom stereocenters. The van der Waals surface area contributed by atoms with Crippen LogP contribution in [0.25, 0.3) is 28.3 Å². The van der Waals surface area contributed by atoms with E-state index in [1.54, 1.807) is 12.1 Å². The first-order chi connectivity index (χ1) is 32.6. The van der Waals surface area contributed by atoms with Crippen LogP contribution in [0, 0.1) is 5.92 Å². The maximum atomic E-state index is 13.9. The highest BCUT2D eigenvalue weighted by atomic mass is 16.4. The Morgan fingerprint density at radius 2 is 1.16 bits per heavy atom. The van der Waals surface area contributed by atoms with Gasteiger partial charge >= 0.3 is 5.97 Å². The summed E-state index contributed by atoms with van der Waals surface area (Å²) in [6.07, 6.45) is 11.6. The highest BCUT2D eigenvalue weighted by Gasteiger charge is 2.49. The molecule has 0 aromatic heterocycles. The largest absolute Gasteiger partial charge is 0.478 e. The van der Waals surface area contributed by atoms with Gasteiger partial charge in [0.25, 0.3) is 0 Å². The van der Waals surface area contributed by atoms with Crippen molar-refractivity contribution in [3.05, 3.63) is 184 Å². The molecule has 3 aliphatic carbocycles. The summed E-state index contributed by atoms with van der Waals surface area (Å²) in [5, 5.41) is 21.4. The highest BCUT2D eigenvalue weighted by Crippen LogP contribution is 2.53. The van der Waals surface area contributed by atoms with E-state index in [9.17, 15) is 19.8 Å². The molecule has 6 aromatic rings. The number of aliphatic hydroxyl groups is 1. The van der Waals surface area contributed by atoms with Crippen LogP contribution in [0.4, 0.5) is 22.7 Å². The van der Waals surface area contributed by atoms with Gasteiger partial charge in [-0.05, 0) is 119 Å². The minimum Gasteiger partial charge on any atom is -0.478 e. The smallest absolute Gasteiger partial charge is 0.335 e. The maximum absolute atomic E-state index is 13.9. The Bertz CT molecular complexity index is 3000. The van der Waals surface area contributed by atoms with Gasteiger partial charge in [-0.3, -0.25) is 4.79 Å². The quantitative estimate of drug-likeness (QED) is 0.0647. The van der Waals surface area contributed by atoms with Crippen LogP contribution in [-0.4, -0.2) is 44.9 Å². The van der Waals surface area contributed by atoms with Crippen LogP contribution in [0.2, 0.25) is 0 Å². The lowest BCUT2D eigenvalue weighted by Crippen LogP contribution is -2.45. The Kier molecular flexibility index (Phi) is 11.4. The van der Waals surface area contributed by atoms with Crippen molar-refractivity contribution in [2.24, 2.45) is 5.92 Å². The van der Waals surface area contributed by atoms with Crippen LogP contribution < -0.4 is 4.90 Å². The lowest BCUT2D eigenvalue weighted by atomic mass is 9.72. The standard InChI is InChI=1S/C62H62N2O4/c1-8-9-10-11-12-17-34-63-55-33-25-40(59(67)68)35-54(55)62(6,7)56(63)38-49-57(65)48(58(49)66)30-24-39-22-26-41(27-23-39)64(42-28-31-46-44-18-13-15-20-50(44)60(2,3)52(46)36-42)43-29-32-47-45-19-14-16-21-51(45)61(4,5)53(47)37-43/h13-16,18-33,35-38,48,57,65H,8-12,17,34H2,1-7H3/p+1. The fraction of sp³-hybridized carbons (Fsp3) is 0.306. The summed E-state index contributed by atoms with van der Waals surface area (Å²) in [6.45, 7) is 16.4. The third-order valence-electron chi connectivity index (χ3n) is 15.7. The molecule has 1 saturated carbocycles. The number of rotatable bonds is 14. The number of hydrogen-bond acceptors (Lipinski definition) is 4. The van der Waals surface area contributed by atoms with Gasteiger partial charge in [-0.2, -0.15) is 4.58 Å². The number of carboxylic acid groups (broad SMARTS) is 1. The van der Waals surface area contributed by atoms with Crippen molar-refractivity contribution in [2.45, 2.75) is 109 Å². The van der Waals surface area contributed by atoms with Crippen molar-refractivity contribution < 1.29 is 24.4 Å². The first kappa shape index (κ1) is 45.2. The summed E-state index contributed by atoms with van der Waals surface area (Å²) < 4.78 is 2.24. The van der Waals surface area contributed by atoms with Gasteiger partial charge < -0.3 is 15.1 Å². The number of aromatic carboxylic acids is 1. The Labute approximate surface area is 402 Å². The minimum absolute atomic E-state index is 0.0927. The molecular formula is C62H63N2O4+. The number of benzene rings is 6. The fourth-order valence-corrected chi connectivity index (χ4v) is 11.7. The van der Waals surface area contributed by atoms with E-state index in [1.165, 1.54) is 70.2 Å². The Morgan fingerprint density at radius 1 is 0.618 bits per heavy atom. The second kappa shape index (κ2) is 17.2. The van der Waals surface area contributed by atoms with Crippen molar-refractivity contribution in [2.75, 3.05) is 11.4 Å². The van der Waals surface area contributed by atoms with Crippen LogP contribution in [0.5, 0.6) is 0 Å². The topological polar surface area (TPSA) is 80.8 Å². The molecule has 0 saturated heterocycles. The first-order valence-electron chi connectivity index (χ1n) is 24.7. The van der Waals surface area contributed by atoms with Gasteiger partial charge in [0.2, 0.25) is 5.69 Å². The van der Waals surface area contributed by atoms with Crippen LogP contribution in [0.1, 0.15) is 131 Å². The number of Topliss-reactive ketones (excluding diaryl/α,β-unsaturated/α-hetero) is 1. The number of aliphatic hydroxyl groups excluding tert-OH is 1. The number of carbonyl (C=O) groups excluding carboxylic acids is 1. The zero-order chi connectivity index (χ0) is 47.7. The third kappa shape index (κ3) is 7.40. The van der Waals surface area contributed by atoms with Gasteiger partial charge in [-0.15, -0.1) is 0 Å². The zero-order valence-electron chi connectivity index (χ0n) is 40.6. The second-order valence-corrected chi connectivity index (χ2v) is 21.0. The predicted octanol–water partition coefficient (Wildman–Crippen LogP) is 14.4. The summed E-state index contributed by atoms with van der Waals surface area (Å²) in [5.74, 6) is -1.72. The van der Waals surface area contributed by atoms with Gasteiger partial charge in [0, 0.05) is 57.6 Å².